The van der Waals surface area contributed by atoms with Gasteiger partial charge in [0.25, 0.3) is 0 Å². The first-order valence-corrected chi connectivity index (χ1v) is 6.17. The summed E-state index contributed by atoms with van der Waals surface area (Å²) in [5.74, 6) is 0.239. The molecule has 0 aliphatic carbocycles. The van der Waals surface area contributed by atoms with E-state index in [1.165, 1.54) is 0 Å². The number of aromatic nitrogens is 2. The van der Waals surface area contributed by atoms with Crippen LogP contribution in [0.3, 0.4) is 0 Å². The fourth-order valence-corrected chi connectivity index (χ4v) is 1.61. The molecule has 8 heteroatoms. The van der Waals surface area contributed by atoms with Crippen LogP contribution in [0.5, 0.6) is 0 Å². The molecule has 0 bridgehead atoms. The molecule has 0 aliphatic rings. The van der Waals surface area contributed by atoms with Crippen molar-refractivity contribution in [2.45, 2.75) is 20.3 Å². The van der Waals surface area contributed by atoms with Crippen LogP contribution in [0.4, 0.5) is 5.82 Å². The third kappa shape index (κ3) is 6.45. The largest absolute Gasteiger partial charge is 0.462 e. The molecular weight excluding hydrogens is 303 g/mol. The number of anilines is 1. The molecule has 0 saturated heterocycles. The van der Waals surface area contributed by atoms with E-state index < -0.39 is 0 Å². The van der Waals surface area contributed by atoms with E-state index in [2.05, 4.69) is 20.4 Å². The maximum Gasteiger partial charge on any atom is 0.343 e. The molecule has 0 radical (unpaired) electrons. The molecule has 1 rings (SSSR count). The minimum atomic E-state index is -0.334. The van der Waals surface area contributed by atoms with Gasteiger partial charge in [-0.1, -0.05) is 0 Å². The fourth-order valence-electron chi connectivity index (χ4n) is 1.61. The lowest BCUT2D eigenvalue weighted by atomic mass is 10.2. The quantitative estimate of drug-likeness (QED) is 0.593. The number of halogens is 2. The minimum Gasteiger partial charge on any atom is -0.462 e. The van der Waals surface area contributed by atoms with Gasteiger partial charge in [0.15, 0.2) is 5.82 Å². The van der Waals surface area contributed by atoms with Gasteiger partial charge in [-0.3, -0.25) is 5.10 Å². The number of carbonyl (C=O) groups is 1. The number of carbonyl (C=O) groups excluding carboxylic acids is 1. The highest BCUT2D eigenvalue weighted by Gasteiger charge is 2.18. The van der Waals surface area contributed by atoms with Crippen LogP contribution in [0.25, 0.3) is 0 Å². The molecule has 118 valence electrons. The Morgan fingerprint density at radius 3 is 2.60 bits per heavy atom. The average Bonchev–Trinajstić information content (AvgIpc) is 2.66. The average molecular weight is 327 g/mol. The van der Waals surface area contributed by atoms with E-state index in [0.717, 1.165) is 25.2 Å². The van der Waals surface area contributed by atoms with Crippen LogP contribution in [0, 0.1) is 6.92 Å². The van der Waals surface area contributed by atoms with Crippen LogP contribution in [0.1, 0.15) is 29.4 Å². The Hall–Kier alpha value is -0.980. The Bertz CT molecular complexity index is 397. The van der Waals surface area contributed by atoms with Gasteiger partial charge in [-0.05, 0) is 40.9 Å². The van der Waals surface area contributed by atoms with Crippen molar-refractivity contribution in [2.24, 2.45) is 0 Å². The predicted molar refractivity (Wildman–Crippen MR) is 85.4 cm³/mol. The van der Waals surface area contributed by atoms with Gasteiger partial charge in [-0.2, -0.15) is 5.10 Å². The highest BCUT2D eigenvalue weighted by Crippen LogP contribution is 2.17. The summed E-state index contributed by atoms with van der Waals surface area (Å²) in [6, 6.07) is 0. The first-order chi connectivity index (χ1) is 8.56. The normalized spacial score (nSPS) is 9.65. The van der Waals surface area contributed by atoms with Crippen molar-refractivity contribution in [2.75, 3.05) is 39.1 Å². The van der Waals surface area contributed by atoms with Gasteiger partial charge in [0.05, 0.1) is 6.61 Å². The summed E-state index contributed by atoms with van der Waals surface area (Å²) in [6.45, 7) is 5.73. The summed E-state index contributed by atoms with van der Waals surface area (Å²) in [5.41, 5.74) is 1.23. The number of H-pyrrole nitrogens is 1. The zero-order valence-corrected chi connectivity index (χ0v) is 14.0. The molecular formula is C12H24Cl2N4O2. The molecule has 1 heterocycles. The Balaban J connectivity index is 0. The third-order valence-electron chi connectivity index (χ3n) is 2.50. The molecule has 0 saturated carbocycles. The lowest BCUT2D eigenvalue weighted by Crippen LogP contribution is -2.17. The van der Waals surface area contributed by atoms with Gasteiger partial charge in [0, 0.05) is 12.2 Å². The Morgan fingerprint density at radius 1 is 1.40 bits per heavy atom. The van der Waals surface area contributed by atoms with Crippen LogP contribution < -0.4 is 5.32 Å². The van der Waals surface area contributed by atoms with E-state index in [1.54, 1.807) is 6.92 Å². The third-order valence-corrected chi connectivity index (χ3v) is 2.50. The molecule has 6 nitrogen and oxygen atoms in total. The summed E-state index contributed by atoms with van der Waals surface area (Å²) in [6.07, 6.45) is 0.987. The monoisotopic (exact) mass is 326 g/mol. The smallest absolute Gasteiger partial charge is 0.343 e. The number of aromatic amines is 1. The number of nitrogens with zero attached hydrogens (tertiary/aromatic N) is 2. The number of aryl methyl sites for hydroxylation is 1. The molecule has 0 spiro atoms. The molecule has 1 aromatic rings. The van der Waals surface area contributed by atoms with E-state index >= 15 is 0 Å². The van der Waals surface area contributed by atoms with Crippen LogP contribution in [-0.2, 0) is 4.74 Å². The second-order valence-corrected chi connectivity index (χ2v) is 4.38. The number of ether oxygens (including phenoxy) is 1. The van der Waals surface area contributed by atoms with E-state index in [4.69, 9.17) is 4.74 Å². The summed E-state index contributed by atoms with van der Waals surface area (Å²) in [4.78, 5) is 13.9. The van der Waals surface area contributed by atoms with Crippen LogP contribution >= 0.6 is 24.8 Å². The molecule has 0 amide bonds. The maximum absolute atomic E-state index is 11.8. The second-order valence-electron chi connectivity index (χ2n) is 4.38. The molecule has 0 fully saturated rings. The van der Waals surface area contributed by atoms with Gasteiger partial charge < -0.3 is 15.0 Å². The molecule has 2 N–H and O–H groups in total. The molecule has 0 aromatic carbocycles. The summed E-state index contributed by atoms with van der Waals surface area (Å²) in [7, 11) is 4.06. The highest BCUT2D eigenvalue weighted by molar-refractivity contribution is 5.95. The lowest BCUT2D eigenvalue weighted by molar-refractivity contribution is 0.0526. The second kappa shape index (κ2) is 10.8. The first-order valence-electron chi connectivity index (χ1n) is 6.17. The van der Waals surface area contributed by atoms with Gasteiger partial charge >= 0.3 is 5.97 Å². The van der Waals surface area contributed by atoms with Crippen molar-refractivity contribution < 1.29 is 9.53 Å². The van der Waals surface area contributed by atoms with Crippen LogP contribution in [-0.4, -0.2) is 54.9 Å². The highest BCUT2D eigenvalue weighted by atomic mass is 35.5. The number of hydrogen-bond acceptors (Lipinski definition) is 5. The zero-order chi connectivity index (χ0) is 13.5. The number of rotatable bonds is 7. The lowest BCUT2D eigenvalue weighted by Gasteiger charge is -2.10. The van der Waals surface area contributed by atoms with Crippen LogP contribution in [0.15, 0.2) is 0 Å². The molecule has 1 aromatic heterocycles. The Morgan fingerprint density at radius 2 is 2.05 bits per heavy atom. The van der Waals surface area contributed by atoms with E-state index in [1.807, 2.05) is 21.0 Å². The van der Waals surface area contributed by atoms with Crippen molar-refractivity contribution in [1.82, 2.24) is 15.1 Å². The summed E-state index contributed by atoms with van der Waals surface area (Å²) in [5, 5.41) is 10.0. The standard InChI is InChI=1S/C12H22N4O2.2ClH/c1-5-18-12(17)10-9(2)14-15-11(10)13-7-6-8-16(3)4;;/h5-8H2,1-4H3,(H2,13,14,15);2*1H. The summed E-state index contributed by atoms with van der Waals surface area (Å²) >= 11 is 0. The number of hydrogen-bond donors (Lipinski definition) is 2. The zero-order valence-electron chi connectivity index (χ0n) is 12.4. The molecule has 20 heavy (non-hydrogen) atoms. The number of esters is 1. The van der Waals surface area contributed by atoms with Gasteiger partial charge in [0.1, 0.15) is 5.56 Å². The van der Waals surface area contributed by atoms with Gasteiger partial charge in [-0.25, -0.2) is 4.79 Å². The first kappa shape index (κ1) is 21.3. The fraction of sp³-hybridized carbons (Fsp3) is 0.667. The SMILES string of the molecule is CCOC(=O)c1c(NCCCN(C)C)n[nH]c1C.Cl.Cl. The Kier molecular flexibility index (Phi) is 11.5. The summed E-state index contributed by atoms with van der Waals surface area (Å²) < 4.78 is 5.01. The van der Waals surface area contributed by atoms with Crippen molar-refractivity contribution in [1.29, 1.82) is 0 Å². The molecule has 0 aliphatic heterocycles. The van der Waals surface area contributed by atoms with Crippen molar-refractivity contribution in [3.8, 4) is 0 Å². The van der Waals surface area contributed by atoms with E-state index in [0.29, 0.717) is 18.0 Å². The van der Waals surface area contributed by atoms with E-state index in [-0.39, 0.29) is 30.8 Å². The minimum absolute atomic E-state index is 0. The van der Waals surface area contributed by atoms with Crippen LogP contribution in [0.2, 0.25) is 0 Å². The molecule has 0 unspecified atom stereocenters. The van der Waals surface area contributed by atoms with Crippen molar-refractivity contribution in [3.05, 3.63) is 11.3 Å². The van der Waals surface area contributed by atoms with Gasteiger partial charge in [-0.15, -0.1) is 24.8 Å². The number of nitrogens with one attached hydrogen (secondary N) is 2. The molecule has 0 atom stereocenters. The topological polar surface area (TPSA) is 70.2 Å². The van der Waals surface area contributed by atoms with Crippen molar-refractivity contribution in [3.63, 3.8) is 0 Å². The predicted octanol–water partition coefficient (Wildman–Crippen LogP) is 2.10. The van der Waals surface area contributed by atoms with E-state index in [9.17, 15) is 4.79 Å². The maximum atomic E-state index is 11.8. The Labute approximate surface area is 132 Å². The van der Waals surface area contributed by atoms with Gasteiger partial charge in [0.2, 0.25) is 0 Å². The van der Waals surface area contributed by atoms with Crippen molar-refractivity contribution >= 4 is 36.6 Å².